The molecule has 0 spiro atoms. The average Bonchev–Trinajstić information content (AvgIpc) is 2.89. The molecule has 7 heteroatoms. The lowest BCUT2D eigenvalue weighted by atomic mass is 9.89. The number of para-hydroxylation sites is 1. The van der Waals surface area contributed by atoms with Crippen molar-refractivity contribution in [3.8, 4) is 17.2 Å². The smallest absolute Gasteiger partial charge is 0.266 e. The first-order valence-electron chi connectivity index (χ1n) is 12.2. The number of rotatable bonds is 11. The van der Waals surface area contributed by atoms with Crippen LogP contribution in [0.3, 0.4) is 0 Å². The highest BCUT2D eigenvalue weighted by molar-refractivity contribution is 5.89. The Bertz CT molecular complexity index is 960. The zero-order chi connectivity index (χ0) is 23.9. The highest BCUT2D eigenvalue weighted by atomic mass is 16.5. The maximum absolute atomic E-state index is 13.3. The Hall–Kier alpha value is -2.77. The Kier molecular flexibility index (Phi) is 8.29. The molecule has 2 aromatic carbocycles. The van der Waals surface area contributed by atoms with Crippen LogP contribution in [0.4, 0.5) is 0 Å². The molecule has 2 atom stereocenters. The van der Waals surface area contributed by atoms with Gasteiger partial charge >= 0.3 is 0 Å². The fraction of sp³-hybridized carbons (Fsp3) is 0.519. The Labute approximate surface area is 202 Å². The number of likely N-dealkylation sites (tertiary alicyclic amines) is 1. The Balaban J connectivity index is 1.51. The number of hydrogen-bond acceptors (Lipinski definition) is 6. The summed E-state index contributed by atoms with van der Waals surface area (Å²) in [6, 6.07) is 13.4. The van der Waals surface area contributed by atoms with Crippen LogP contribution in [-0.4, -0.2) is 75.4 Å². The molecule has 4 rings (SSSR count). The lowest BCUT2D eigenvalue weighted by Gasteiger charge is -2.47. The van der Waals surface area contributed by atoms with Gasteiger partial charge in [-0.3, -0.25) is 9.69 Å². The van der Waals surface area contributed by atoms with Gasteiger partial charge in [-0.15, -0.1) is 0 Å². The van der Waals surface area contributed by atoms with Crippen molar-refractivity contribution in [2.75, 3.05) is 53.6 Å². The van der Waals surface area contributed by atoms with Crippen molar-refractivity contribution in [2.45, 2.75) is 38.3 Å². The quantitative estimate of drug-likeness (QED) is 0.370. The highest BCUT2D eigenvalue weighted by Crippen LogP contribution is 2.43. The van der Waals surface area contributed by atoms with Crippen LogP contribution in [0.25, 0.3) is 0 Å². The van der Waals surface area contributed by atoms with Crippen LogP contribution in [-0.2, 0) is 16.0 Å². The number of carbonyl (C=O) groups is 1. The van der Waals surface area contributed by atoms with Crippen molar-refractivity contribution in [3.05, 3.63) is 53.6 Å². The second-order valence-electron chi connectivity index (χ2n) is 8.75. The fourth-order valence-electron chi connectivity index (χ4n) is 4.77. The number of nitrogens with zero attached hydrogens (tertiary/aromatic N) is 2. The second-order valence-corrected chi connectivity index (χ2v) is 8.75. The molecule has 7 nitrogen and oxygen atoms in total. The molecule has 1 amide bonds. The van der Waals surface area contributed by atoms with Crippen molar-refractivity contribution < 1.29 is 23.7 Å². The average molecular weight is 469 g/mol. The van der Waals surface area contributed by atoms with Gasteiger partial charge < -0.3 is 23.8 Å². The summed E-state index contributed by atoms with van der Waals surface area (Å²) in [5, 5.41) is 0. The van der Waals surface area contributed by atoms with Crippen molar-refractivity contribution in [2.24, 2.45) is 0 Å². The molecular formula is C27H36N2O5. The van der Waals surface area contributed by atoms with E-state index in [-0.39, 0.29) is 11.9 Å². The SMILES string of the molecule is CCc1ccccc1OC1C(=O)N(CCCCN2CCOCC2)C1c1cc(OC)ccc1OC. The van der Waals surface area contributed by atoms with Gasteiger partial charge in [0.15, 0.2) is 0 Å². The summed E-state index contributed by atoms with van der Waals surface area (Å²) < 4.78 is 22.9. The molecule has 2 heterocycles. The number of carbonyl (C=O) groups excluding carboxylic acids is 1. The highest BCUT2D eigenvalue weighted by Gasteiger charge is 2.51. The summed E-state index contributed by atoms with van der Waals surface area (Å²) in [7, 11) is 3.30. The summed E-state index contributed by atoms with van der Waals surface area (Å²) in [6.07, 6.45) is 2.23. The molecule has 2 aromatic rings. The minimum absolute atomic E-state index is 0.0205. The fourth-order valence-corrected chi connectivity index (χ4v) is 4.77. The zero-order valence-corrected chi connectivity index (χ0v) is 20.5. The number of methoxy groups -OCH3 is 2. The second kappa shape index (κ2) is 11.6. The molecule has 2 saturated heterocycles. The van der Waals surface area contributed by atoms with Crippen LogP contribution in [0.5, 0.6) is 17.2 Å². The van der Waals surface area contributed by atoms with E-state index in [0.717, 1.165) is 80.5 Å². The molecule has 2 unspecified atom stereocenters. The maximum atomic E-state index is 13.3. The van der Waals surface area contributed by atoms with Gasteiger partial charge in [0.25, 0.3) is 5.91 Å². The number of hydrogen-bond donors (Lipinski definition) is 0. The van der Waals surface area contributed by atoms with E-state index in [9.17, 15) is 4.79 Å². The summed E-state index contributed by atoms with van der Waals surface area (Å²) in [4.78, 5) is 17.7. The first kappa shape index (κ1) is 24.4. The zero-order valence-electron chi connectivity index (χ0n) is 20.5. The van der Waals surface area contributed by atoms with Gasteiger partial charge in [-0.1, -0.05) is 25.1 Å². The first-order chi connectivity index (χ1) is 16.7. The standard InChI is InChI=1S/C27H36N2O5/c1-4-20-9-5-6-10-23(20)34-26-25(22-19-21(31-2)11-12-24(22)32-3)29(27(26)30)14-8-7-13-28-15-17-33-18-16-28/h5-6,9-12,19,25-26H,4,7-8,13-18H2,1-3H3. The molecule has 184 valence electrons. The Morgan fingerprint density at radius 2 is 1.74 bits per heavy atom. The van der Waals surface area contributed by atoms with E-state index in [1.54, 1.807) is 14.2 Å². The van der Waals surface area contributed by atoms with Gasteiger partial charge in [-0.05, 0) is 55.6 Å². The summed E-state index contributed by atoms with van der Waals surface area (Å²) in [5.41, 5.74) is 2.00. The molecule has 0 aliphatic carbocycles. The lowest BCUT2D eigenvalue weighted by Crippen LogP contribution is -2.61. The topological polar surface area (TPSA) is 60.5 Å². The van der Waals surface area contributed by atoms with Crippen LogP contribution in [0, 0.1) is 0 Å². The van der Waals surface area contributed by atoms with E-state index >= 15 is 0 Å². The van der Waals surface area contributed by atoms with E-state index < -0.39 is 6.10 Å². The number of morpholine rings is 1. The van der Waals surface area contributed by atoms with E-state index in [1.807, 2.05) is 47.4 Å². The third-order valence-corrected chi connectivity index (χ3v) is 6.74. The van der Waals surface area contributed by atoms with E-state index in [2.05, 4.69) is 11.8 Å². The van der Waals surface area contributed by atoms with Gasteiger partial charge in [-0.2, -0.15) is 0 Å². The third-order valence-electron chi connectivity index (χ3n) is 6.74. The molecule has 34 heavy (non-hydrogen) atoms. The Morgan fingerprint density at radius 1 is 0.971 bits per heavy atom. The Morgan fingerprint density at radius 3 is 2.47 bits per heavy atom. The van der Waals surface area contributed by atoms with Gasteiger partial charge in [-0.25, -0.2) is 0 Å². The minimum atomic E-state index is -0.590. The molecular weight excluding hydrogens is 432 g/mol. The van der Waals surface area contributed by atoms with Crippen molar-refractivity contribution in [1.29, 1.82) is 0 Å². The molecule has 2 fully saturated rings. The molecule has 2 aliphatic heterocycles. The van der Waals surface area contributed by atoms with Gasteiger partial charge in [0, 0.05) is 25.2 Å². The lowest BCUT2D eigenvalue weighted by molar-refractivity contribution is -0.164. The minimum Gasteiger partial charge on any atom is -0.497 e. The van der Waals surface area contributed by atoms with Crippen LogP contribution < -0.4 is 14.2 Å². The van der Waals surface area contributed by atoms with Crippen LogP contribution in [0.1, 0.15) is 36.9 Å². The number of benzene rings is 2. The predicted molar refractivity (Wildman–Crippen MR) is 131 cm³/mol. The first-order valence-corrected chi connectivity index (χ1v) is 12.2. The summed E-state index contributed by atoms with van der Waals surface area (Å²) in [5.74, 6) is 2.25. The van der Waals surface area contributed by atoms with Crippen molar-refractivity contribution in [3.63, 3.8) is 0 Å². The van der Waals surface area contributed by atoms with Crippen LogP contribution in [0.2, 0.25) is 0 Å². The summed E-state index contributed by atoms with van der Waals surface area (Å²) in [6.45, 7) is 7.39. The number of β-lactam (4-membered cyclic amide) rings is 1. The van der Waals surface area contributed by atoms with Crippen LogP contribution >= 0.6 is 0 Å². The number of unbranched alkanes of at least 4 members (excludes halogenated alkanes) is 1. The van der Waals surface area contributed by atoms with Gasteiger partial charge in [0.1, 0.15) is 23.3 Å². The third kappa shape index (κ3) is 5.31. The molecule has 0 N–H and O–H groups in total. The normalized spacial score (nSPS) is 20.7. The summed E-state index contributed by atoms with van der Waals surface area (Å²) >= 11 is 0. The van der Waals surface area contributed by atoms with E-state index in [0.29, 0.717) is 6.54 Å². The number of amides is 1. The van der Waals surface area contributed by atoms with Gasteiger partial charge in [0.2, 0.25) is 6.10 Å². The molecule has 0 saturated carbocycles. The number of ether oxygens (including phenoxy) is 4. The maximum Gasteiger partial charge on any atom is 0.266 e. The van der Waals surface area contributed by atoms with Crippen LogP contribution in [0.15, 0.2) is 42.5 Å². The molecule has 2 aliphatic rings. The number of aryl methyl sites for hydroxylation is 1. The molecule has 0 bridgehead atoms. The molecule has 0 radical (unpaired) electrons. The van der Waals surface area contributed by atoms with Crippen molar-refractivity contribution in [1.82, 2.24) is 9.80 Å². The molecule has 0 aromatic heterocycles. The van der Waals surface area contributed by atoms with E-state index in [1.165, 1.54) is 0 Å². The largest absolute Gasteiger partial charge is 0.497 e. The monoisotopic (exact) mass is 468 g/mol. The predicted octanol–water partition coefficient (Wildman–Crippen LogP) is 3.71. The van der Waals surface area contributed by atoms with Crippen molar-refractivity contribution >= 4 is 5.91 Å². The van der Waals surface area contributed by atoms with Gasteiger partial charge in [0.05, 0.1) is 27.4 Å². The van der Waals surface area contributed by atoms with E-state index in [4.69, 9.17) is 18.9 Å².